The Bertz CT molecular complexity index is 1150. The smallest absolute Gasteiger partial charge is 0.277 e. The van der Waals surface area contributed by atoms with Gasteiger partial charge in [0.2, 0.25) is 0 Å². The van der Waals surface area contributed by atoms with Gasteiger partial charge in [-0.1, -0.05) is 6.92 Å². The highest BCUT2D eigenvalue weighted by atomic mass is 35.7. The van der Waals surface area contributed by atoms with Gasteiger partial charge in [-0.05, 0) is 31.5 Å². The molecular formula is C16H17ClN4O4S. The fourth-order valence-corrected chi connectivity index (χ4v) is 3.52. The van der Waals surface area contributed by atoms with Gasteiger partial charge in [-0.15, -0.1) is 0 Å². The van der Waals surface area contributed by atoms with Crippen LogP contribution in [0.2, 0.25) is 0 Å². The standard InChI is InChI=1S/C16H17ClN4O4S/c1-4-11-13-14(21(3)20-11)16(22)19-15(18-13)10-8-9(26(17,23)24)6-7-12(10)25-5-2/h6-8H,4-5H2,1-3H3,(H,18,19,22). The minimum absolute atomic E-state index is 0.109. The molecule has 0 aliphatic heterocycles. The number of benzene rings is 1. The minimum atomic E-state index is -3.95. The molecule has 2 aromatic heterocycles. The predicted octanol–water partition coefficient (Wildman–Crippen LogP) is 2.21. The van der Waals surface area contributed by atoms with Crippen LogP contribution in [0.15, 0.2) is 27.9 Å². The van der Waals surface area contributed by atoms with E-state index in [0.717, 1.165) is 0 Å². The first-order chi connectivity index (χ1) is 12.3. The average Bonchev–Trinajstić information content (AvgIpc) is 2.91. The molecule has 0 amide bonds. The average molecular weight is 397 g/mol. The Morgan fingerprint density at radius 2 is 2.04 bits per heavy atom. The highest BCUT2D eigenvalue weighted by molar-refractivity contribution is 8.13. The van der Waals surface area contributed by atoms with Gasteiger partial charge in [0.05, 0.1) is 22.8 Å². The van der Waals surface area contributed by atoms with Crippen molar-refractivity contribution in [2.75, 3.05) is 6.61 Å². The van der Waals surface area contributed by atoms with Gasteiger partial charge in [0, 0.05) is 17.7 Å². The van der Waals surface area contributed by atoms with Crippen LogP contribution in [0.4, 0.5) is 0 Å². The molecule has 0 fully saturated rings. The number of ether oxygens (including phenoxy) is 1. The van der Waals surface area contributed by atoms with Crippen molar-refractivity contribution < 1.29 is 13.2 Å². The van der Waals surface area contributed by atoms with Crippen LogP contribution < -0.4 is 10.3 Å². The second-order valence-corrected chi connectivity index (χ2v) is 8.13. The number of aromatic nitrogens is 4. The molecule has 26 heavy (non-hydrogen) atoms. The Hall–Kier alpha value is -2.39. The first-order valence-electron chi connectivity index (χ1n) is 7.94. The monoisotopic (exact) mass is 396 g/mol. The van der Waals surface area contributed by atoms with Gasteiger partial charge in [-0.2, -0.15) is 5.10 Å². The fourth-order valence-electron chi connectivity index (χ4n) is 2.74. The van der Waals surface area contributed by atoms with Crippen LogP contribution in [0.3, 0.4) is 0 Å². The van der Waals surface area contributed by atoms with Gasteiger partial charge in [0.25, 0.3) is 14.6 Å². The Morgan fingerprint density at radius 1 is 1.31 bits per heavy atom. The Morgan fingerprint density at radius 3 is 2.65 bits per heavy atom. The normalized spacial score (nSPS) is 11.8. The van der Waals surface area contributed by atoms with Gasteiger partial charge in [-0.3, -0.25) is 9.48 Å². The van der Waals surface area contributed by atoms with Crippen molar-refractivity contribution in [1.29, 1.82) is 0 Å². The van der Waals surface area contributed by atoms with Gasteiger partial charge >= 0.3 is 0 Å². The maximum Gasteiger partial charge on any atom is 0.277 e. The summed E-state index contributed by atoms with van der Waals surface area (Å²) in [6.45, 7) is 4.07. The summed E-state index contributed by atoms with van der Waals surface area (Å²) in [6.07, 6.45) is 0.599. The summed E-state index contributed by atoms with van der Waals surface area (Å²) in [4.78, 5) is 19.6. The Kier molecular flexibility index (Phi) is 4.76. The molecule has 0 radical (unpaired) electrons. The van der Waals surface area contributed by atoms with Crippen LogP contribution in [0.1, 0.15) is 19.5 Å². The van der Waals surface area contributed by atoms with E-state index in [1.54, 1.807) is 14.0 Å². The third-order valence-electron chi connectivity index (χ3n) is 3.89. The SMILES string of the molecule is CCOc1ccc(S(=O)(=O)Cl)cc1-c1nc2c(CC)nn(C)c2c(=O)[nH]1. The van der Waals surface area contributed by atoms with E-state index >= 15 is 0 Å². The largest absolute Gasteiger partial charge is 0.493 e. The molecule has 138 valence electrons. The van der Waals surface area contributed by atoms with Crippen LogP contribution in [-0.2, 0) is 22.5 Å². The maximum atomic E-state index is 12.5. The van der Waals surface area contributed by atoms with Gasteiger partial charge in [-0.25, -0.2) is 13.4 Å². The van der Waals surface area contributed by atoms with E-state index in [9.17, 15) is 13.2 Å². The lowest BCUT2D eigenvalue weighted by molar-refractivity contribution is 0.341. The summed E-state index contributed by atoms with van der Waals surface area (Å²) in [6, 6.07) is 4.16. The highest BCUT2D eigenvalue weighted by Gasteiger charge is 2.19. The first-order valence-corrected chi connectivity index (χ1v) is 10.2. The van der Waals surface area contributed by atoms with E-state index in [-0.39, 0.29) is 16.3 Å². The van der Waals surface area contributed by atoms with Crippen molar-refractivity contribution in [2.45, 2.75) is 25.2 Å². The molecule has 0 aliphatic rings. The molecule has 8 nitrogen and oxygen atoms in total. The van der Waals surface area contributed by atoms with E-state index in [2.05, 4.69) is 15.1 Å². The summed E-state index contributed by atoms with van der Waals surface area (Å²) in [5, 5.41) is 4.31. The molecule has 0 saturated heterocycles. The van der Waals surface area contributed by atoms with Crippen molar-refractivity contribution in [1.82, 2.24) is 19.7 Å². The molecule has 0 atom stereocenters. The van der Waals surface area contributed by atoms with Gasteiger partial charge in [0.1, 0.15) is 17.1 Å². The Balaban J connectivity index is 2.33. The van der Waals surface area contributed by atoms with E-state index in [4.69, 9.17) is 15.4 Å². The third kappa shape index (κ3) is 3.19. The van der Waals surface area contributed by atoms with Crippen molar-refractivity contribution in [2.24, 2.45) is 7.05 Å². The number of H-pyrrole nitrogens is 1. The molecule has 3 rings (SSSR count). The van der Waals surface area contributed by atoms with E-state index in [0.29, 0.717) is 41.1 Å². The molecule has 3 aromatic rings. The van der Waals surface area contributed by atoms with Crippen LogP contribution in [-0.4, -0.2) is 34.8 Å². The molecule has 10 heteroatoms. The number of hydrogen-bond acceptors (Lipinski definition) is 6. The van der Waals surface area contributed by atoms with Crippen LogP contribution in [0, 0.1) is 0 Å². The van der Waals surface area contributed by atoms with E-state index < -0.39 is 9.05 Å². The number of rotatable bonds is 5. The molecule has 2 heterocycles. The molecule has 0 unspecified atom stereocenters. The van der Waals surface area contributed by atoms with Crippen LogP contribution in [0.25, 0.3) is 22.4 Å². The lowest BCUT2D eigenvalue weighted by Gasteiger charge is -2.11. The molecule has 0 spiro atoms. The number of nitrogens with one attached hydrogen (secondary N) is 1. The fraction of sp³-hybridized carbons (Fsp3) is 0.312. The lowest BCUT2D eigenvalue weighted by Crippen LogP contribution is -2.13. The number of fused-ring (bicyclic) bond motifs is 1. The topological polar surface area (TPSA) is 107 Å². The zero-order valence-corrected chi connectivity index (χ0v) is 16.0. The van der Waals surface area contributed by atoms with Crippen molar-refractivity contribution in [3.63, 3.8) is 0 Å². The van der Waals surface area contributed by atoms with Crippen LogP contribution in [0.5, 0.6) is 5.75 Å². The zero-order valence-electron chi connectivity index (χ0n) is 14.4. The van der Waals surface area contributed by atoms with Crippen LogP contribution >= 0.6 is 10.7 Å². The van der Waals surface area contributed by atoms with Crippen molar-refractivity contribution in [3.05, 3.63) is 34.2 Å². The third-order valence-corrected chi connectivity index (χ3v) is 5.24. The lowest BCUT2D eigenvalue weighted by atomic mass is 10.1. The minimum Gasteiger partial charge on any atom is -0.493 e. The predicted molar refractivity (Wildman–Crippen MR) is 98.2 cm³/mol. The summed E-state index contributed by atoms with van der Waals surface area (Å²) < 4.78 is 30.4. The summed E-state index contributed by atoms with van der Waals surface area (Å²) in [5.74, 6) is 0.580. The quantitative estimate of drug-likeness (QED) is 0.662. The Labute approximate surface area is 154 Å². The van der Waals surface area contributed by atoms with Crippen molar-refractivity contribution >= 4 is 30.8 Å². The molecule has 0 bridgehead atoms. The number of nitrogens with zero attached hydrogens (tertiary/aromatic N) is 3. The number of aryl methyl sites for hydroxylation is 2. The molecule has 0 saturated carbocycles. The second-order valence-electron chi connectivity index (χ2n) is 5.56. The first kappa shape index (κ1) is 18.4. The molecule has 1 aromatic carbocycles. The highest BCUT2D eigenvalue weighted by Crippen LogP contribution is 2.32. The van der Waals surface area contributed by atoms with Crippen molar-refractivity contribution in [3.8, 4) is 17.1 Å². The molecule has 0 aliphatic carbocycles. The van der Waals surface area contributed by atoms with Gasteiger partial charge < -0.3 is 9.72 Å². The summed E-state index contributed by atoms with van der Waals surface area (Å²) >= 11 is 0. The van der Waals surface area contributed by atoms with Gasteiger partial charge in [0.15, 0.2) is 5.52 Å². The number of aromatic amines is 1. The van der Waals surface area contributed by atoms with E-state index in [1.165, 1.54) is 22.9 Å². The zero-order chi connectivity index (χ0) is 19.1. The maximum absolute atomic E-state index is 12.5. The second kappa shape index (κ2) is 6.73. The number of hydrogen-bond donors (Lipinski definition) is 1. The van der Waals surface area contributed by atoms with E-state index in [1.807, 2.05) is 6.92 Å². The summed E-state index contributed by atoms with van der Waals surface area (Å²) in [7, 11) is 3.18. The summed E-state index contributed by atoms with van der Waals surface area (Å²) in [5.41, 5.74) is 1.45. The number of halogens is 1. The molecular weight excluding hydrogens is 380 g/mol. The molecule has 1 N–H and O–H groups in total.